The lowest BCUT2D eigenvalue weighted by Crippen LogP contribution is -2.47. The second kappa shape index (κ2) is 49.0. The first-order valence-electron chi connectivity index (χ1n) is 34.3. The zero-order chi connectivity index (χ0) is 58.3. The largest absolute Gasteiger partial charge is 0.501 e. The van der Waals surface area contributed by atoms with Crippen LogP contribution in [0.2, 0.25) is 12.1 Å². The van der Waals surface area contributed by atoms with Crippen LogP contribution in [0.5, 0.6) is 0 Å². The monoisotopic (exact) mass is 1240 g/mol. The van der Waals surface area contributed by atoms with Gasteiger partial charge in [0.15, 0.2) is 0 Å². The minimum Gasteiger partial charge on any atom is -0.373 e. The van der Waals surface area contributed by atoms with Gasteiger partial charge in [-0.25, -0.2) is 9.97 Å². The van der Waals surface area contributed by atoms with Gasteiger partial charge in [-0.2, -0.15) is 0 Å². The predicted octanol–water partition coefficient (Wildman–Crippen LogP) is 24.0. The van der Waals surface area contributed by atoms with Gasteiger partial charge in [0.2, 0.25) is 0 Å². The van der Waals surface area contributed by atoms with Gasteiger partial charge < -0.3 is 26.6 Å². The topological polar surface area (TPSA) is 81.2 Å². The molecular weight excluding hydrogens is 1130 g/mol. The summed E-state index contributed by atoms with van der Waals surface area (Å²) in [6, 6.07) is 18.9. The van der Waals surface area contributed by atoms with Crippen LogP contribution in [0.1, 0.15) is 306 Å². The summed E-state index contributed by atoms with van der Waals surface area (Å²) in [5, 5.41) is 2.53. The number of aromatic nitrogens is 2. The van der Waals surface area contributed by atoms with Crippen LogP contribution in [-0.4, -0.2) is 67.2 Å². The van der Waals surface area contributed by atoms with E-state index in [9.17, 15) is 0 Å². The van der Waals surface area contributed by atoms with E-state index in [0.29, 0.717) is 39.6 Å². The van der Waals surface area contributed by atoms with Gasteiger partial charge in [-0.05, 0) is 75.6 Å². The Labute approximate surface area is 521 Å². The third-order valence-electron chi connectivity index (χ3n) is 15.8. The fourth-order valence-electron chi connectivity index (χ4n) is 10.6. The fraction of sp³-hybridized carbons (Fsp3) is 0.794. The highest BCUT2D eigenvalue weighted by Crippen LogP contribution is 2.53. The maximum atomic E-state index is 7.19. The molecule has 8 nitrogen and oxygen atoms in total. The Morgan fingerprint density at radius 1 is 0.329 bits per heavy atom. The van der Waals surface area contributed by atoms with E-state index in [4.69, 9.17) is 36.5 Å². The Bertz CT molecular complexity index is 1780. The number of hydrogen-bond donors (Lipinski definition) is 0. The standard InChI is InChI=1S/C68H120N2O6S4Si2/c1-7-13-19-25-31-41-53-71-81(72-54-42-32-26-20-14-8-2,73-55-43-33-27-21-15-9-3)59-51-65(67-69-61-47-37-39-49-63(61)77-67)79-80-66(68-70-62-48-38-40-50-64(62)78-68)52-60-82(74-56-44-34-28-22-16-10-4,75-57-45-35-29-23-17-11-5)76-58-46-36-30-24-18-12-6/h37-40,47-50,65-66H,7-36,41-46,51-60H2,1-6H3. The van der Waals surface area contributed by atoms with Gasteiger partial charge in [0, 0.05) is 51.7 Å². The van der Waals surface area contributed by atoms with E-state index in [0.717, 1.165) is 74.5 Å². The molecular formula is C68H120N2O6S4Si2. The van der Waals surface area contributed by atoms with E-state index >= 15 is 0 Å². The van der Waals surface area contributed by atoms with E-state index in [1.165, 1.54) is 212 Å². The molecule has 2 atom stereocenters. The van der Waals surface area contributed by atoms with Crippen molar-refractivity contribution < 1.29 is 26.6 Å². The molecule has 0 aliphatic carbocycles. The first-order chi connectivity index (χ1) is 40.4. The first-order valence-corrected chi connectivity index (χ1v) is 42.1. The molecule has 0 amide bonds. The maximum absolute atomic E-state index is 7.19. The van der Waals surface area contributed by atoms with Crippen molar-refractivity contribution in [2.45, 2.75) is 308 Å². The van der Waals surface area contributed by atoms with Crippen molar-refractivity contribution in [3.63, 3.8) is 0 Å². The smallest absolute Gasteiger partial charge is 0.373 e. The molecule has 82 heavy (non-hydrogen) atoms. The lowest BCUT2D eigenvalue weighted by molar-refractivity contribution is 0.0540. The van der Waals surface area contributed by atoms with Crippen LogP contribution in [-0.2, 0) is 26.6 Å². The van der Waals surface area contributed by atoms with Gasteiger partial charge in [-0.3, -0.25) is 0 Å². The van der Waals surface area contributed by atoms with E-state index in [-0.39, 0.29) is 10.5 Å². The third-order valence-corrected chi connectivity index (χ3v) is 27.3. The van der Waals surface area contributed by atoms with Crippen LogP contribution < -0.4 is 0 Å². The zero-order valence-electron chi connectivity index (χ0n) is 53.3. The number of rotatable bonds is 59. The highest BCUT2D eigenvalue weighted by molar-refractivity contribution is 8.76. The molecule has 2 aromatic heterocycles. The van der Waals surface area contributed by atoms with Crippen LogP contribution in [0.3, 0.4) is 0 Å². The molecule has 4 rings (SSSR count). The van der Waals surface area contributed by atoms with Gasteiger partial charge in [0.1, 0.15) is 10.0 Å². The molecule has 0 saturated carbocycles. The fourth-order valence-corrected chi connectivity index (χ4v) is 22.2. The number of thiazole rings is 2. The predicted molar refractivity (Wildman–Crippen MR) is 366 cm³/mol. The highest BCUT2D eigenvalue weighted by Gasteiger charge is 2.44. The average Bonchev–Trinajstić information content (AvgIpc) is 4.22. The summed E-state index contributed by atoms with van der Waals surface area (Å²) >= 11 is 3.70. The van der Waals surface area contributed by atoms with E-state index in [1.54, 1.807) is 0 Å². The molecule has 0 saturated heterocycles. The Kier molecular flexibility index (Phi) is 44.0. The summed E-state index contributed by atoms with van der Waals surface area (Å²) in [7, 11) is -2.26. The lowest BCUT2D eigenvalue weighted by atomic mass is 10.1. The molecule has 2 unspecified atom stereocenters. The van der Waals surface area contributed by atoms with Crippen molar-refractivity contribution in [3.8, 4) is 0 Å². The molecule has 0 bridgehead atoms. The van der Waals surface area contributed by atoms with Crippen molar-refractivity contribution in [2.24, 2.45) is 0 Å². The first kappa shape index (κ1) is 73.6. The molecule has 0 N–H and O–H groups in total. The molecule has 14 heteroatoms. The SMILES string of the molecule is CCCCCCCCO[Si](CCC(SSC(CC[Si](OCCCCCCCC)(OCCCCCCCC)OCCCCCCCC)c1nc2ccccc2s1)c1nc2ccccc2s1)(OCCCCCCCC)OCCCCCCCC. The minimum atomic E-state index is -3.12. The average molecular weight is 1250 g/mol. The molecule has 0 spiro atoms. The van der Waals surface area contributed by atoms with Crippen molar-refractivity contribution >= 4 is 82.3 Å². The quantitative estimate of drug-likeness (QED) is 0.0242. The normalized spacial score (nSPS) is 13.1. The van der Waals surface area contributed by atoms with Gasteiger partial charge in [0.25, 0.3) is 0 Å². The van der Waals surface area contributed by atoms with Crippen LogP contribution in [0.4, 0.5) is 0 Å². The molecule has 4 aromatic rings. The lowest BCUT2D eigenvalue weighted by Gasteiger charge is -2.32. The minimum absolute atomic E-state index is 0.0953. The second-order valence-corrected chi connectivity index (χ2v) is 33.6. The van der Waals surface area contributed by atoms with Crippen LogP contribution in [0.15, 0.2) is 48.5 Å². The molecule has 0 aliphatic rings. The van der Waals surface area contributed by atoms with Gasteiger partial charge in [-0.15, -0.1) is 22.7 Å². The van der Waals surface area contributed by atoms with Gasteiger partial charge >= 0.3 is 17.6 Å². The number of fused-ring (bicyclic) bond motifs is 2. The third kappa shape index (κ3) is 32.4. The molecule has 2 heterocycles. The van der Waals surface area contributed by atoms with E-state index < -0.39 is 17.6 Å². The molecule has 2 aromatic carbocycles. The summed E-state index contributed by atoms with van der Waals surface area (Å²) < 4.78 is 45.6. The van der Waals surface area contributed by atoms with E-state index in [2.05, 4.69) is 90.1 Å². The molecule has 0 fully saturated rings. The summed E-state index contributed by atoms with van der Waals surface area (Å²) in [5.74, 6) is 0. The van der Waals surface area contributed by atoms with Crippen molar-refractivity contribution in [1.82, 2.24) is 9.97 Å². The Morgan fingerprint density at radius 2 is 0.561 bits per heavy atom. The Balaban J connectivity index is 1.69. The zero-order valence-corrected chi connectivity index (χ0v) is 58.5. The summed E-state index contributed by atoms with van der Waals surface area (Å²) in [6.07, 6.45) is 45.9. The Hall–Kier alpha value is -0.886. The van der Waals surface area contributed by atoms with Crippen molar-refractivity contribution in [3.05, 3.63) is 58.5 Å². The van der Waals surface area contributed by atoms with Crippen molar-refractivity contribution in [1.29, 1.82) is 0 Å². The molecule has 470 valence electrons. The van der Waals surface area contributed by atoms with Crippen LogP contribution in [0.25, 0.3) is 20.4 Å². The van der Waals surface area contributed by atoms with Gasteiger partial charge in [0.05, 0.1) is 30.9 Å². The second-order valence-electron chi connectivity index (χ2n) is 23.4. The summed E-state index contributed by atoms with van der Waals surface area (Å²) in [6.45, 7) is 18.0. The number of nitrogens with zero attached hydrogens (tertiary/aromatic N) is 2. The number of unbranched alkanes of at least 4 members (excludes halogenated alkanes) is 30. The molecule has 0 aliphatic heterocycles. The number of benzene rings is 2. The Morgan fingerprint density at radius 3 is 0.805 bits per heavy atom. The van der Waals surface area contributed by atoms with Crippen molar-refractivity contribution in [2.75, 3.05) is 39.6 Å². The summed E-state index contributed by atoms with van der Waals surface area (Å²) in [5.41, 5.74) is 2.15. The van der Waals surface area contributed by atoms with E-state index in [1.807, 2.05) is 44.3 Å². The number of para-hydroxylation sites is 2. The summed E-state index contributed by atoms with van der Waals surface area (Å²) in [4.78, 5) is 10.8. The highest BCUT2D eigenvalue weighted by atomic mass is 33.1. The van der Waals surface area contributed by atoms with Gasteiger partial charge in [-0.1, -0.05) is 280 Å². The van der Waals surface area contributed by atoms with Crippen LogP contribution in [0, 0.1) is 0 Å². The molecule has 0 radical (unpaired) electrons. The number of hydrogen-bond acceptors (Lipinski definition) is 12. The maximum Gasteiger partial charge on any atom is 0.501 e. The van der Waals surface area contributed by atoms with Crippen LogP contribution >= 0.6 is 44.3 Å².